The van der Waals surface area contributed by atoms with E-state index < -0.39 is 4.87 Å². The summed E-state index contributed by atoms with van der Waals surface area (Å²) in [7, 11) is 0. The molecule has 3 aromatic carbocycles. The molecule has 0 atom stereocenters. The minimum absolute atomic E-state index is 0.308. The lowest BCUT2D eigenvalue weighted by Crippen LogP contribution is -2.22. The number of aromatic nitrogens is 2. The standard InChI is InChI=1S/C23H16ClFN2/c24-23(15-6-5-7-16(25)12-15,19-13-26-21-10-3-1-8-17(19)21)20-14-27-22-11-4-2-9-18(20)22/h1-14,26-27H. The van der Waals surface area contributed by atoms with Crippen molar-refractivity contribution in [3.63, 3.8) is 0 Å². The fourth-order valence-electron chi connectivity index (χ4n) is 3.87. The summed E-state index contributed by atoms with van der Waals surface area (Å²) in [6.07, 6.45) is 3.84. The number of H-pyrrole nitrogens is 2. The Balaban J connectivity index is 1.88. The molecule has 0 aliphatic carbocycles. The second kappa shape index (κ2) is 6.00. The van der Waals surface area contributed by atoms with Crippen LogP contribution >= 0.6 is 11.6 Å². The van der Waals surface area contributed by atoms with Crippen molar-refractivity contribution in [1.82, 2.24) is 9.97 Å². The van der Waals surface area contributed by atoms with Crippen LogP contribution in [0.2, 0.25) is 0 Å². The Hall–Kier alpha value is -3.04. The summed E-state index contributed by atoms with van der Waals surface area (Å²) in [4.78, 5) is 5.56. The van der Waals surface area contributed by atoms with Gasteiger partial charge in [-0.2, -0.15) is 0 Å². The summed E-state index contributed by atoms with van der Waals surface area (Å²) >= 11 is 7.42. The summed E-state index contributed by atoms with van der Waals surface area (Å²) in [5.41, 5.74) is 4.48. The maximum atomic E-state index is 14.1. The van der Waals surface area contributed by atoms with E-state index in [1.807, 2.05) is 67.0 Å². The van der Waals surface area contributed by atoms with E-state index in [-0.39, 0.29) is 5.82 Å². The van der Waals surface area contributed by atoms with Crippen molar-refractivity contribution in [1.29, 1.82) is 0 Å². The summed E-state index contributed by atoms with van der Waals surface area (Å²) in [5, 5.41) is 2.03. The van der Waals surface area contributed by atoms with Crippen molar-refractivity contribution in [2.75, 3.05) is 0 Å². The van der Waals surface area contributed by atoms with Gasteiger partial charge in [-0.3, -0.25) is 0 Å². The van der Waals surface area contributed by atoms with Crippen LogP contribution in [0.4, 0.5) is 4.39 Å². The quantitative estimate of drug-likeness (QED) is 0.346. The molecule has 0 fully saturated rings. The van der Waals surface area contributed by atoms with Crippen LogP contribution in [0.5, 0.6) is 0 Å². The molecule has 2 N–H and O–H groups in total. The first-order valence-corrected chi connectivity index (χ1v) is 9.14. The van der Waals surface area contributed by atoms with Gasteiger partial charge in [0, 0.05) is 45.3 Å². The Bertz CT molecular complexity index is 1190. The number of benzene rings is 3. The number of nitrogens with one attached hydrogen (secondary N) is 2. The first-order chi connectivity index (χ1) is 13.2. The molecule has 0 unspecified atom stereocenters. The van der Waals surface area contributed by atoms with Gasteiger partial charge < -0.3 is 9.97 Å². The van der Waals surface area contributed by atoms with Crippen molar-refractivity contribution >= 4 is 33.4 Å². The molecule has 132 valence electrons. The zero-order valence-electron chi connectivity index (χ0n) is 14.3. The van der Waals surface area contributed by atoms with E-state index in [1.54, 1.807) is 6.07 Å². The molecular weight excluding hydrogens is 359 g/mol. The van der Waals surface area contributed by atoms with Crippen LogP contribution in [0.3, 0.4) is 0 Å². The topological polar surface area (TPSA) is 31.6 Å². The highest BCUT2D eigenvalue weighted by atomic mass is 35.5. The molecule has 0 aliphatic rings. The van der Waals surface area contributed by atoms with Gasteiger partial charge in [-0.05, 0) is 29.8 Å². The highest BCUT2D eigenvalue weighted by molar-refractivity contribution is 6.30. The van der Waals surface area contributed by atoms with Gasteiger partial charge in [0.25, 0.3) is 0 Å². The molecule has 0 saturated heterocycles. The summed E-state index contributed by atoms with van der Waals surface area (Å²) in [5.74, 6) is -0.308. The molecular formula is C23H16ClFN2. The molecule has 4 heteroatoms. The molecule has 5 rings (SSSR count). The number of halogens is 2. The smallest absolute Gasteiger partial charge is 0.124 e. The predicted molar refractivity (Wildman–Crippen MR) is 109 cm³/mol. The third kappa shape index (κ3) is 2.39. The second-order valence-electron chi connectivity index (χ2n) is 6.66. The summed E-state index contributed by atoms with van der Waals surface area (Å²) < 4.78 is 14.1. The molecule has 5 aromatic rings. The molecule has 0 spiro atoms. The SMILES string of the molecule is Fc1cccc(C(Cl)(c2c[nH]c3ccccc23)c2c[nH]c3ccccc23)c1. The second-order valence-corrected chi connectivity index (χ2v) is 7.23. The monoisotopic (exact) mass is 374 g/mol. The van der Waals surface area contributed by atoms with E-state index in [2.05, 4.69) is 9.97 Å². The third-order valence-electron chi connectivity index (χ3n) is 5.14. The van der Waals surface area contributed by atoms with Gasteiger partial charge in [0.1, 0.15) is 10.7 Å². The van der Waals surface area contributed by atoms with Gasteiger partial charge in [0.15, 0.2) is 0 Å². The average Bonchev–Trinajstić information content (AvgIpc) is 3.32. The van der Waals surface area contributed by atoms with Crippen molar-refractivity contribution in [3.05, 3.63) is 108 Å². The molecule has 2 heterocycles. The van der Waals surface area contributed by atoms with Crippen molar-refractivity contribution < 1.29 is 4.39 Å². The van der Waals surface area contributed by atoms with Crippen LogP contribution in [-0.4, -0.2) is 9.97 Å². The summed E-state index contributed by atoms with van der Waals surface area (Å²) in [6.45, 7) is 0. The van der Waals surface area contributed by atoms with Crippen molar-refractivity contribution in [2.45, 2.75) is 4.87 Å². The Morgan fingerprint density at radius 1 is 0.704 bits per heavy atom. The van der Waals surface area contributed by atoms with E-state index in [9.17, 15) is 4.39 Å². The van der Waals surface area contributed by atoms with E-state index in [0.717, 1.165) is 32.9 Å². The van der Waals surface area contributed by atoms with Crippen LogP contribution in [-0.2, 0) is 4.87 Å². The number of rotatable bonds is 3. The van der Waals surface area contributed by atoms with E-state index >= 15 is 0 Å². The van der Waals surface area contributed by atoms with Crippen LogP contribution in [0.25, 0.3) is 21.8 Å². The van der Waals surface area contributed by atoms with Crippen LogP contribution in [0.1, 0.15) is 16.7 Å². The van der Waals surface area contributed by atoms with Gasteiger partial charge in [-0.15, -0.1) is 11.6 Å². The van der Waals surface area contributed by atoms with Crippen LogP contribution in [0, 0.1) is 5.82 Å². The van der Waals surface area contributed by atoms with Crippen LogP contribution in [0.15, 0.2) is 85.2 Å². The maximum absolute atomic E-state index is 14.1. The first kappa shape index (κ1) is 16.2. The lowest BCUT2D eigenvalue weighted by Gasteiger charge is -2.28. The first-order valence-electron chi connectivity index (χ1n) is 8.76. The number of hydrogen-bond acceptors (Lipinski definition) is 0. The zero-order chi connectivity index (χ0) is 18.4. The number of para-hydroxylation sites is 2. The fourth-order valence-corrected chi connectivity index (χ4v) is 4.30. The zero-order valence-corrected chi connectivity index (χ0v) is 15.1. The van der Waals surface area contributed by atoms with E-state index in [4.69, 9.17) is 11.6 Å². The number of fused-ring (bicyclic) bond motifs is 2. The molecule has 0 radical (unpaired) electrons. The van der Waals surface area contributed by atoms with Crippen LogP contribution < -0.4 is 0 Å². The van der Waals surface area contributed by atoms with Gasteiger partial charge in [-0.25, -0.2) is 4.39 Å². The minimum Gasteiger partial charge on any atom is -0.361 e. The molecule has 0 aliphatic heterocycles. The normalized spacial score (nSPS) is 12.1. The highest BCUT2D eigenvalue weighted by Crippen LogP contribution is 2.48. The molecule has 2 nitrogen and oxygen atoms in total. The van der Waals surface area contributed by atoms with E-state index in [0.29, 0.717) is 5.56 Å². The lowest BCUT2D eigenvalue weighted by molar-refractivity contribution is 0.623. The third-order valence-corrected chi connectivity index (χ3v) is 5.77. The number of hydrogen-bond donors (Lipinski definition) is 2. The molecule has 0 bridgehead atoms. The lowest BCUT2D eigenvalue weighted by atomic mass is 9.83. The minimum atomic E-state index is -1.04. The fraction of sp³-hybridized carbons (Fsp3) is 0.0435. The molecule has 0 amide bonds. The Morgan fingerprint density at radius 3 is 1.81 bits per heavy atom. The van der Waals surface area contributed by atoms with Gasteiger partial charge in [0.05, 0.1) is 0 Å². The predicted octanol–water partition coefficient (Wildman–Crippen LogP) is 6.32. The van der Waals surface area contributed by atoms with Crippen molar-refractivity contribution in [2.24, 2.45) is 0 Å². The summed E-state index contributed by atoms with van der Waals surface area (Å²) in [6, 6.07) is 22.5. The number of aromatic amines is 2. The average molecular weight is 375 g/mol. The highest BCUT2D eigenvalue weighted by Gasteiger charge is 2.38. The Kier molecular flexibility index (Phi) is 3.59. The Morgan fingerprint density at radius 2 is 1.26 bits per heavy atom. The van der Waals surface area contributed by atoms with Gasteiger partial charge in [-0.1, -0.05) is 48.5 Å². The molecule has 0 saturated carbocycles. The van der Waals surface area contributed by atoms with Gasteiger partial charge in [0.2, 0.25) is 0 Å². The van der Waals surface area contributed by atoms with E-state index in [1.165, 1.54) is 12.1 Å². The number of alkyl halides is 1. The largest absolute Gasteiger partial charge is 0.361 e. The maximum Gasteiger partial charge on any atom is 0.124 e. The molecule has 27 heavy (non-hydrogen) atoms. The van der Waals surface area contributed by atoms with Crippen molar-refractivity contribution in [3.8, 4) is 0 Å². The molecule has 2 aromatic heterocycles. The Labute approximate surface area is 160 Å². The van der Waals surface area contributed by atoms with Gasteiger partial charge >= 0.3 is 0 Å².